The molecule has 0 unspecified atom stereocenters. The second-order valence-corrected chi connectivity index (χ2v) is 5.15. The van der Waals surface area contributed by atoms with Crippen molar-refractivity contribution >= 4 is 18.0 Å². The summed E-state index contributed by atoms with van der Waals surface area (Å²) in [7, 11) is 0. The van der Waals surface area contributed by atoms with Gasteiger partial charge in [0.05, 0.1) is 6.61 Å². The lowest BCUT2D eigenvalue weighted by Crippen LogP contribution is -2.18. The van der Waals surface area contributed by atoms with Crippen LogP contribution in [0.25, 0.3) is 6.08 Å². The van der Waals surface area contributed by atoms with Crippen molar-refractivity contribution in [2.45, 2.75) is 26.9 Å². The third-order valence-corrected chi connectivity index (χ3v) is 3.08. The molecule has 1 aliphatic heterocycles. The first kappa shape index (κ1) is 14.3. The molecule has 0 radical (unpaired) electrons. The number of benzene rings is 1. The molecule has 4 nitrogen and oxygen atoms in total. The highest BCUT2D eigenvalue weighted by atomic mass is 16.6. The van der Waals surface area contributed by atoms with E-state index in [2.05, 4.69) is 0 Å². The molecule has 0 aliphatic carbocycles. The summed E-state index contributed by atoms with van der Waals surface area (Å²) in [4.78, 5) is 23.8. The predicted molar refractivity (Wildman–Crippen MR) is 74.6 cm³/mol. The van der Waals surface area contributed by atoms with Gasteiger partial charge in [0.2, 0.25) is 0 Å². The van der Waals surface area contributed by atoms with Crippen LogP contribution in [-0.4, -0.2) is 18.5 Å². The van der Waals surface area contributed by atoms with Gasteiger partial charge in [0.25, 0.3) is 0 Å². The number of hydrogen-bond donors (Lipinski definition) is 0. The van der Waals surface area contributed by atoms with Crippen LogP contribution in [0.5, 0.6) is 0 Å². The predicted octanol–water partition coefficient (Wildman–Crippen LogP) is 2.72. The van der Waals surface area contributed by atoms with Gasteiger partial charge in [0.15, 0.2) is 0 Å². The van der Waals surface area contributed by atoms with Crippen LogP contribution in [0.3, 0.4) is 0 Å². The van der Waals surface area contributed by atoms with Gasteiger partial charge >= 0.3 is 11.9 Å². The minimum absolute atomic E-state index is 0.0429. The summed E-state index contributed by atoms with van der Waals surface area (Å²) >= 11 is 0. The fourth-order valence-corrected chi connectivity index (χ4v) is 1.85. The Morgan fingerprint density at radius 2 is 2.10 bits per heavy atom. The lowest BCUT2D eigenvalue weighted by Gasteiger charge is -2.07. The summed E-state index contributed by atoms with van der Waals surface area (Å²) in [6, 6.07) is 7.43. The van der Waals surface area contributed by atoms with Gasteiger partial charge in [-0.1, -0.05) is 38.1 Å². The van der Waals surface area contributed by atoms with Gasteiger partial charge < -0.3 is 9.47 Å². The maximum absolute atomic E-state index is 12.0. The van der Waals surface area contributed by atoms with Gasteiger partial charge in [-0.3, -0.25) is 0 Å². The van der Waals surface area contributed by atoms with E-state index in [1.807, 2.05) is 38.1 Å². The molecule has 106 valence electrons. The van der Waals surface area contributed by atoms with E-state index in [0.717, 1.165) is 17.5 Å². The number of carbonyl (C=O) groups is 2. The first-order chi connectivity index (χ1) is 9.58. The van der Waals surface area contributed by atoms with Crippen LogP contribution in [0.15, 0.2) is 29.8 Å². The third-order valence-electron chi connectivity index (χ3n) is 3.08. The van der Waals surface area contributed by atoms with Gasteiger partial charge in [0.1, 0.15) is 12.2 Å². The summed E-state index contributed by atoms with van der Waals surface area (Å²) in [6.45, 7) is 4.57. The van der Waals surface area contributed by atoms with Crippen molar-refractivity contribution in [1.82, 2.24) is 0 Å². The molecule has 0 saturated carbocycles. The highest BCUT2D eigenvalue weighted by Crippen LogP contribution is 2.20. The zero-order chi connectivity index (χ0) is 14.5. The van der Waals surface area contributed by atoms with Crippen molar-refractivity contribution in [3.8, 4) is 0 Å². The SMILES string of the molecule is CC(C)CCOC(=O)C1=Cc2ccccc2COC1=O. The highest BCUT2D eigenvalue weighted by Gasteiger charge is 2.24. The van der Waals surface area contributed by atoms with Gasteiger partial charge in [-0.05, 0) is 29.5 Å². The number of rotatable bonds is 4. The lowest BCUT2D eigenvalue weighted by atomic mass is 10.1. The standard InChI is InChI=1S/C16H18O4/c1-11(2)7-8-19-15(17)14-9-12-5-3-4-6-13(12)10-20-16(14)18/h3-6,9,11H,7-8,10H2,1-2H3. The van der Waals surface area contributed by atoms with Gasteiger partial charge in [-0.15, -0.1) is 0 Å². The topological polar surface area (TPSA) is 52.6 Å². The summed E-state index contributed by atoms with van der Waals surface area (Å²) in [5.74, 6) is -0.804. The van der Waals surface area contributed by atoms with E-state index < -0.39 is 11.9 Å². The molecular weight excluding hydrogens is 256 g/mol. The Labute approximate surface area is 118 Å². The van der Waals surface area contributed by atoms with Crippen LogP contribution in [0, 0.1) is 5.92 Å². The lowest BCUT2D eigenvalue weighted by molar-refractivity contribution is -0.147. The van der Waals surface area contributed by atoms with Crippen LogP contribution in [0.2, 0.25) is 0 Å². The molecule has 0 fully saturated rings. The largest absolute Gasteiger partial charge is 0.462 e. The Balaban J connectivity index is 2.14. The third kappa shape index (κ3) is 3.47. The minimum atomic E-state index is -0.629. The fourth-order valence-electron chi connectivity index (χ4n) is 1.85. The molecule has 0 spiro atoms. The second kappa shape index (κ2) is 6.37. The van der Waals surface area contributed by atoms with Crippen LogP contribution in [0.4, 0.5) is 0 Å². The molecule has 0 atom stereocenters. The molecule has 0 aromatic heterocycles. The molecule has 0 bridgehead atoms. The van der Waals surface area contributed by atoms with Crippen molar-refractivity contribution < 1.29 is 19.1 Å². The van der Waals surface area contributed by atoms with E-state index in [1.165, 1.54) is 0 Å². The average Bonchev–Trinajstić information content (AvgIpc) is 2.58. The highest BCUT2D eigenvalue weighted by molar-refractivity contribution is 6.18. The Morgan fingerprint density at radius 3 is 2.85 bits per heavy atom. The van der Waals surface area contributed by atoms with Crippen molar-refractivity contribution in [2.24, 2.45) is 5.92 Å². The van der Waals surface area contributed by atoms with Crippen molar-refractivity contribution in [3.63, 3.8) is 0 Å². The van der Waals surface area contributed by atoms with Crippen molar-refractivity contribution in [1.29, 1.82) is 0 Å². The normalized spacial score (nSPS) is 14.2. The fraction of sp³-hybridized carbons (Fsp3) is 0.375. The van der Waals surface area contributed by atoms with E-state index in [9.17, 15) is 9.59 Å². The molecule has 1 heterocycles. The minimum Gasteiger partial charge on any atom is -0.462 e. The van der Waals surface area contributed by atoms with E-state index >= 15 is 0 Å². The molecule has 20 heavy (non-hydrogen) atoms. The quantitative estimate of drug-likeness (QED) is 0.625. The zero-order valence-corrected chi connectivity index (χ0v) is 11.7. The van der Waals surface area contributed by atoms with Gasteiger partial charge in [0, 0.05) is 0 Å². The van der Waals surface area contributed by atoms with Crippen LogP contribution < -0.4 is 0 Å². The number of cyclic esters (lactones) is 1. The molecule has 0 saturated heterocycles. The van der Waals surface area contributed by atoms with Crippen LogP contribution in [0.1, 0.15) is 31.4 Å². The second-order valence-electron chi connectivity index (χ2n) is 5.15. The molecule has 1 aromatic carbocycles. The molecule has 4 heteroatoms. The zero-order valence-electron chi connectivity index (χ0n) is 11.7. The molecular formula is C16H18O4. The first-order valence-electron chi connectivity index (χ1n) is 6.72. The first-order valence-corrected chi connectivity index (χ1v) is 6.72. The Kier molecular flexibility index (Phi) is 4.56. The van der Waals surface area contributed by atoms with E-state index in [4.69, 9.17) is 9.47 Å². The molecule has 1 aliphatic rings. The Morgan fingerprint density at radius 1 is 1.35 bits per heavy atom. The number of ether oxygens (including phenoxy) is 2. The number of fused-ring (bicyclic) bond motifs is 1. The van der Waals surface area contributed by atoms with E-state index in [0.29, 0.717) is 12.5 Å². The summed E-state index contributed by atoms with van der Waals surface area (Å²) < 4.78 is 10.2. The molecule has 0 N–H and O–H groups in total. The Hall–Kier alpha value is -2.10. The Bertz CT molecular complexity index is 543. The maximum atomic E-state index is 12.0. The molecule has 2 rings (SSSR count). The monoisotopic (exact) mass is 274 g/mol. The summed E-state index contributed by atoms with van der Waals surface area (Å²) in [5, 5.41) is 0. The van der Waals surface area contributed by atoms with E-state index in [-0.39, 0.29) is 12.2 Å². The van der Waals surface area contributed by atoms with Gasteiger partial charge in [-0.25, -0.2) is 9.59 Å². The molecule has 1 aromatic rings. The smallest absolute Gasteiger partial charge is 0.345 e. The van der Waals surface area contributed by atoms with Crippen LogP contribution in [-0.2, 0) is 25.7 Å². The maximum Gasteiger partial charge on any atom is 0.345 e. The number of hydrogen-bond acceptors (Lipinski definition) is 4. The number of esters is 2. The number of carbonyl (C=O) groups excluding carboxylic acids is 2. The summed E-state index contributed by atoms with van der Waals surface area (Å²) in [6.07, 6.45) is 2.31. The van der Waals surface area contributed by atoms with E-state index in [1.54, 1.807) is 6.08 Å². The van der Waals surface area contributed by atoms with Crippen molar-refractivity contribution in [3.05, 3.63) is 41.0 Å². The van der Waals surface area contributed by atoms with Gasteiger partial charge in [-0.2, -0.15) is 0 Å². The average molecular weight is 274 g/mol. The summed E-state index contributed by atoms with van der Waals surface area (Å²) in [5.41, 5.74) is 1.65. The molecule has 0 amide bonds. The van der Waals surface area contributed by atoms with Crippen molar-refractivity contribution in [2.75, 3.05) is 6.61 Å². The van der Waals surface area contributed by atoms with Crippen LogP contribution >= 0.6 is 0 Å².